The molecule has 0 atom stereocenters. The van der Waals surface area contributed by atoms with E-state index in [1.807, 2.05) is 24.3 Å². The van der Waals surface area contributed by atoms with Gasteiger partial charge in [-0.15, -0.1) is 0 Å². The summed E-state index contributed by atoms with van der Waals surface area (Å²) < 4.78 is 45.0. The molecule has 2 nitrogen and oxygen atoms in total. The molecule has 0 aromatic heterocycles. The van der Waals surface area contributed by atoms with Gasteiger partial charge in [0.15, 0.2) is 0 Å². The Bertz CT molecular complexity index is 1090. The number of halogens is 3. The van der Waals surface area contributed by atoms with Gasteiger partial charge in [-0.1, -0.05) is 44.2 Å². The summed E-state index contributed by atoms with van der Waals surface area (Å²) in [5, 5.41) is 0.932. The zero-order chi connectivity index (χ0) is 19.6. The lowest BCUT2D eigenvalue weighted by Gasteiger charge is -2.22. The lowest BCUT2D eigenvalue weighted by molar-refractivity contribution is -0.137. The van der Waals surface area contributed by atoms with Gasteiger partial charge in [-0.25, -0.2) is 0 Å². The van der Waals surface area contributed by atoms with Crippen LogP contribution < -0.4 is 4.74 Å². The Hall–Kier alpha value is -2.82. The molecule has 0 fully saturated rings. The third-order valence-electron chi connectivity index (χ3n) is 5.22. The molecular formula is C22H17F3O2. The van der Waals surface area contributed by atoms with Gasteiger partial charge >= 0.3 is 12.1 Å². The summed E-state index contributed by atoms with van der Waals surface area (Å²) in [5.41, 5.74) is 2.81. The third kappa shape index (κ3) is 2.60. The average Bonchev–Trinajstić information content (AvgIpc) is 2.81. The second-order valence-electron chi connectivity index (χ2n) is 7.32. The molecule has 0 aliphatic heterocycles. The van der Waals surface area contributed by atoms with Gasteiger partial charge in [-0.2, -0.15) is 13.2 Å². The van der Waals surface area contributed by atoms with Crippen molar-refractivity contribution in [3.8, 4) is 16.9 Å². The number of alkyl halides is 3. The molecule has 0 unspecified atom stereocenters. The summed E-state index contributed by atoms with van der Waals surface area (Å²) in [5.74, 6) is -0.412. The zero-order valence-corrected chi connectivity index (χ0v) is 15.1. The number of carbonyl (C=O) groups is 1. The van der Waals surface area contributed by atoms with Crippen LogP contribution in [0.5, 0.6) is 5.75 Å². The molecule has 3 aromatic rings. The summed E-state index contributed by atoms with van der Waals surface area (Å²) in [6.07, 6.45) is -4.47. The van der Waals surface area contributed by atoms with E-state index < -0.39 is 17.7 Å². The highest BCUT2D eigenvalue weighted by molar-refractivity contribution is 6.06. The van der Waals surface area contributed by atoms with Crippen molar-refractivity contribution in [2.24, 2.45) is 0 Å². The summed E-state index contributed by atoms with van der Waals surface area (Å²) in [6, 6.07) is 13.2. The smallest absolute Gasteiger partial charge is 0.416 e. The number of benzene rings is 3. The van der Waals surface area contributed by atoms with E-state index in [4.69, 9.17) is 4.74 Å². The number of carbonyl (C=O) groups excluding carboxylic acids is 1. The predicted octanol–water partition coefficient (Wildman–Crippen LogP) is 6.09. The topological polar surface area (TPSA) is 26.3 Å². The van der Waals surface area contributed by atoms with Crippen LogP contribution in [0.15, 0.2) is 48.5 Å². The maximum Gasteiger partial charge on any atom is 0.416 e. The van der Waals surface area contributed by atoms with Gasteiger partial charge in [-0.3, -0.25) is 4.79 Å². The number of fused-ring (bicyclic) bond motifs is 5. The Morgan fingerprint density at radius 1 is 0.963 bits per heavy atom. The lowest BCUT2D eigenvalue weighted by Crippen LogP contribution is -2.15. The van der Waals surface area contributed by atoms with Crippen molar-refractivity contribution in [1.82, 2.24) is 0 Å². The van der Waals surface area contributed by atoms with E-state index in [0.717, 1.165) is 34.4 Å². The Morgan fingerprint density at radius 2 is 1.67 bits per heavy atom. The fraction of sp³-hybridized carbons (Fsp3) is 0.227. The van der Waals surface area contributed by atoms with Crippen LogP contribution in [0.2, 0.25) is 0 Å². The number of esters is 1. The van der Waals surface area contributed by atoms with Gasteiger partial charge in [0, 0.05) is 17.7 Å². The van der Waals surface area contributed by atoms with Crippen LogP contribution in [-0.4, -0.2) is 5.97 Å². The Balaban J connectivity index is 2.12. The van der Waals surface area contributed by atoms with Crippen LogP contribution in [0, 0.1) is 0 Å². The van der Waals surface area contributed by atoms with Crippen molar-refractivity contribution >= 4 is 16.7 Å². The maximum absolute atomic E-state index is 13.2. The van der Waals surface area contributed by atoms with Crippen molar-refractivity contribution in [1.29, 1.82) is 0 Å². The van der Waals surface area contributed by atoms with E-state index >= 15 is 0 Å². The third-order valence-corrected chi connectivity index (χ3v) is 5.22. The number of hydrogen-bond donors (Lipinski definition) is 0. The van der Waals surface area contributed by atoms with Gasteiger partial charge in [0.2, 0.25) is 0 Å². The first-order chi connectivity index (χ1) is 12.6. The molecule has 0 radical (unpaired) electrons. The van der Waals surface area contributed by atoms with Crippen LogP contribution in [0.1, 0.15) is 37.5 Å². The Kier molecular flexibility index (Phi) is 3.64. The minimum Gasteiger partial charge on any atom is -0.426 e. The molecule has 27 heavy (non-hydrogen) atoms. The molecular weight excluding hydrogens is 353 g/mol. The molecule has 4 rings (SSSR count). The summed E-state index contributed by atoms with van der Waals surface area (Å²) in [4.78, 5) is 11.6. The van der Waals surface area contributed by atoms with Crippen LogP contribution in [0.25, 0.3) is 21.9 Å². The minimum absolute atomic E-state index is 0.156. The zero-order valence-electron chi connectivity index (χ0n) is 15.1. The normalized spacial score (nSPS) is 14.7. The molecule has 1 aliphatic rings. The number of rotatable bonds is 1. The summed E-state index contributed by atoms with van der Waals surface area (Å²) >= 11 is 0. The van der Waals surface area contributed by atoms with Gasteiger partial charge < -0.3 is 4.74 Å². The molecule has 0 saturated heterocycles. The molecule has 0 bridgehead atoms. The van der Waals surface area contributed by atoms with Crippen LogP contribution >= 0.6 is 0 Å². The van der Waals surface area contributed by atoms with E-state index in [1.54, 1.807) is 6.07 Å². The van der Waals surface area contributed by atoms with Gasteiger partial charge in [0.05, 0.1) is 5.56 Å². The molecule has 5 heteroatoms. The van der Waals surface area contributed by atoms with Gasteiger partial charge in [0.1, 0.15) is 5.75 Å². The number of ether oxygens (including phenoxy) is 1. The second kappa shape index (κ2) is 5.59. The minimum atomic E-state index is -4.47. The molecule has 0 amide bonds. The van der Waals surface area contributed by atoms with E-state index in [1.165, 1.54) is 13.0 Å². The Morgan fingerprint density at radius 3 is 2.33 bits per heavy atom. The molecule has 3 aromatic carbocycles. The van der Waals surface area contributed by atoms with Crippen molar-refractivity contribution in [2.75, 3.05) is 0 Å². The van der Waals surface area contributed by atoms with E-state index in [2.05, 4.69) is 13.8 Å². The maximum atomic E-state index is 13.2. The van der Waals surface area contributed by atoms with Crippen molar-refractivity contribution in [3.05, 3.63) is 65.2 Å². The molecule has 0 N–H and O–H groups in total. The quantitative estimate of drug-likeness (QED) is 0.383. The average molecular weight is 370 g/mol. The fourth-order valence-electron chi connectivity index (χ4n) is 3.98. The first kappa shape index (κ1) is 17.6. The largest absolute Gasteiger partial charge is 0.426 e. The van der Waals surface area contributed by atoms with Crippen molar-refractivity contribution in [2.45, 2.75) is 32.4 Å². The van der Waals surface area contributed by atoms with Crippen LogP contribution in [-0.2, 0) is 16.4 Å². The lowest BCUT2D eigenvalue weighted by atomic mass is 9.82. The second-order valence-corrected chi connectivity index (χ2v) is 7.32. The highest BCUT2D eigenvalue weighted by Crippen LogP contribution is 2.53. The predicted molar refractivity (Wildman–Crippen MR) is 97.8 cm³/mol. The standard InChI is InChI=1S/C22H17F3O2/c1-12(26)27-19-11-18-20(15-6-4-5-7-17(15)21(18,2)3)14-9-8-13(10-16(14)19)22(23,24)25/h4-11H,1-3H3. The highest BCUT2D eigenvalue weighted by atomic mass is 19.4. The molecule has 0 heterocycles. The van der Waals surface area contributed by atoms with Crippen LogP contribution in [0.3, 0.4) is 0 Å². The molecule has 138 valence electrons. The van der Waals surface area contributed by atoms with E-state index in [9.17, 15) is 18.0 Å². The van der Waals surface area contributed by atoms with E-state index in [-0.39, 0.29) is 16.6 Å². The molecule has 0 saturated carbocycles. The number of hydrogen-bond acceptors (Lipinski definition) is 2. The summed E-state index contributed by atoms with van der Waals surface area (Å²) in [6.45, 7) is 5.36. The van der Waals surface area contributed by atoms with Crippen molar-refractivity contribution < 1.29 is 22.7 Å². The van der Waals surface area contributed by atoms with Gasteiger partial charge in [-0.05, 0) is 45.8 Å². The van der Waals surface area contributed by atoms with Gasteiger partial charge in [0.25, 0.3) is 0 Å². The summed E-state index contributed by atoms with van der Waals surface area (Å²) in [7, 11) is 0. The fourth-order valence-corrected chi connectivity index (χ4v) is 3.98. The molecule has 1 aliphatic carbocycles. The highest BCUT2D eigenvalue weighted by Gasteiger charge is 2.38. The Labute approximate surface area is 154 Å². The monoisotopic (exact) mass is 370 g/mol. The molecule has 0 spiro atoms. The first-order valence-electron chi connectivity index (χ1n) is 8.57. The first-order valence-corrected chi connectivity index (χ1v) is 8.57. The SMILES string of the molecule is CC(=O)Oc1cc2c(c3ccc(C(F)(F)F)cc13)-c1ccccc1C2(C)C. The van der Waals surface area contributed by atoms with E-state index in [0.29, 0.717) is 5.39 Å². The van der Waals surface area contributed by atoms with Crippen LogP contribution in [0.4, 0.5) is 13.2 Å². The van der Waals surface area contributed by atoms with Crippen molar-refractivity contribution in [3.63, 3.8) is 0 Å².